The predicted octanol–water partition coefficient (Wildman–Crippen LogP) is 0.912. The Morgan fingerprint density at radius 1 is 1.45 bits per heavy atom. The quantitative estimate of drug-likeness (QED) is 0.763. The van der Waals surface area contributed by atoms with E-state index in [0.717, 1.165) is 25.8 Å². The number of nitrogens with one attached hydrogen (secondary N) is 3. The zero-order valence-corrected chi connectivity index (χ0v) is 11.6. The van der Waals surface area contributed by atoms with Crippen molar-refractivity contribution in [2.24, 2.45) is 0 Å². The smallest absolute Gasteiger partial charge is 0.252 e. The van der Waals surface area contributed by atoms with Gasteiger partial charge in [-0.3, -0.25) is 9.59 Å². The summed E-state index contributed by atoms with van der Waals surface area (Å²) in [6.07, 6.45) is 4.33. The summed E-state index contributed by atoms with van der Waals surface area (Å²) in [5.74, 6) is 0.482. The Bertz CT molecular complexity index is 473. The van der Waals surface area contributed by atoms with Crippen LogP contribution < -0.4 is 16.0 Å². The number of hydrogen-bond acceptors (Lipinski definition) is 4. The van der Waals surface area contributed by atoms with Crippen LogP contribution in [-0.4, -0.2) is 35.9 Å². The Morgan fingerprint density at radius 3 is 3.00 bits per heavy atom. The van der Waals surface area contributed by atoms with E-state index in [4.69, 9.17) is 0 Å². The summed E-state index contributed by atoms with van der Waals surface area (Å²) >= 11 is 0. The van der Waals surface area contributed by atoms with E-state index in [-0.39, 0.29) is 17.9 Å². The number of carbonyl (C=O) groups is 2. The van der Waals surface area contributed by atoms with Crippen LogP contribution in [0.3, 0.4) is 0 Å². The molecule has 1 atom stereocenters. The minimum absolute atomic E-state index is 0.0112. The van der Waals surface area contributed by atoms with Crippen molar-refractivity contribution in [3.8, 4) is 0 Å². The highest BCUT2D eigenvalue weighted by atomic mass is 16.2. The zero-order valence-electron chi connectivity index (χ0n) is 11.6. The molecule has 0 radical (unpaired) electrons. The van der Waals surface area contributed by atoms with Crippen LogP contribution >= 0.6 is 0 Å². The van der Waals surface area contributed by atoms with Gasteiger partial charge in [-0.1, -0.05) is 0 Å². The largest absolute Gasteiger partial charge is 0.358 e. The molecule has 1 fully saturated rings. The molecule has 0 aliphatic carbocycles. The lowest BCUT2D eigenvalue weighted by molar-refractivity contribution is -0.121. The molecule has 6 heteroatoms. The molecule has 1 saturated heterocycles. The van der Waals surface area contributed by atoms with E-state index < -0.39 is 0 Å². The maximum absolute atomic E-state index is 11.8. The highest BCUT2D eigenvalue weighted by molar-refractivity contribution is 5.94. The number of pyridine rings is 1. The van der Waals surface area contributed by atoms with Gasteiger partial charge in [0.2, 0.25) is 5.91 Å². The van der Waals surface area contributed by atoms with Crippen molar-refractivity contribution in [3.05, 3.63) is 23.9 Å². The molecule has 0 bridgehead atoms. The molecule has 20 heavy (non-hydrogen) atoms. The number of hydrogen-bond donors (Lipinski definition) is 3. The zero-order chi connectivity index (χ0) is 14.4. The lowest BCUT2D eigenvalue weighted by Crippen LogP contribution is -2.38. The van der Waals surface area contributed by atoms with Crippen LogP contribution in [-0.2, 0) is 4.79 Å². The molecular formula is C14H20N4O2. The van der Waals surface area contributed by atoms with Crippen molar-refractivity contribution in [3.63, 3.8) is 0 Å². The van der Waals surface area contributed by atoms with Crippen LogP contribution in [0.5, 0.6) is 0 Å². The molecule has 108 valence electrons. The maximum atomic E-state index is 11.8. The van der Waals surface area contributed by atoms with Gasteiger partial charge in [-0.15, -0.1) is 0 Å². The molecule has 0 spiro atoms. The Kier molecular flexibility index (Phi) is 4.92. The fourth-order valence-corrected chi connectivity index (χ4v) is 2.13. The molecule has 2 amide bonds. The van der Waals surface area contributed by atoms with E-state index in [0.29, 0.717) is 17.9 Å². The summed E-state index contributed by atoms with van der Waals surface area (Å²) in [7, 11) is 0. The van der Waals surface area contributed by atoms with Crippen LogP contribution in [0.15, 0.2) is 18.3 Å². The number of carbonyl (C=O) groups excluding carboxylic acids is 2. The second-order valence-corrected chi connectivity index (χ2v) is 4.78. The Balaban J connectivity index is 1.99. The van der Waals surface area contributed by atoms with E-state index in [2.05, 4.69) is 20.9 Å². The summed E-state index contributed by atoms with van der Waals surface area (Å²) in [5, 5.41) is 8.70. The summed E-state index contributed by atoms with van der Waals surface area (Å²) in [5.41, 5.74) is 0.516. The third-order valence-corrected chi connectivity index (χ3v) is 3.22. The molecule has 1 unspecified atom stereocenters. The van der Waals surface area contributed by atoms with Crippen molar-refractivity contribution < 1.29 is 9.59 Å². The van der Waals surface area contributed by atoms with Gasteiger partial charge in [-0.05, 0) is 38.3 Å². The van der Waals surface area contributed by atoms with Gasteiger partial charge in [0.25, 0.3) is 5.91 Å². The fraction of sp³-hybridized carbons (Fsp3) is 0.500. The minimum atomic E-state index is -0.250. The highest BCUT2D eigenvalue weighted by Gasteiger charge is 2.20. The molecule has 2 rings (SSSR count). The van der Waals surface area contributed by atoms with Gasteiger partial charge in [0.05, 0.1) is 5.56 Å². The second-order valence-electron chi connectivity index (χ2n) is 4.78. The van der Waals surface area contributed by atoms with Gasteiger partial charge in [0.15, 0.2) is 0 Å². The van der Waals surface area contributed by atoms with Gasteiger partial charge < -0.3 is 16.0 Å². The average Bonchev–Trinajstić information content (AvgIpc) is 2.65. The standard InChI is InChI=1S/C14H20N4O2/c1-2-15-13(19)10-6-7-12(17-9-10)18-11-5-3-4-8-16-14(11)20/h6-7,9,11H,2-5,8H2,1H3,(H,15,19)(H,16,20)(H,17,18). The lowest BCUT2D eigenvalue weighted by atomic mass is 10.1. The molecule has 3 N–H and O–H groups in total. The van der Waals surface area contributed by atoms with E-state index in [9.17, 15) is 9.59 Å². The van der Waals surface area contributed by atoms with Gasteiger partial charge in [-0.2, -0.15) is 0 Å². The summed E-state index contributed by atoms with van der Waals surface area (Å²) in [6.45, 7) is 3.19. The first-order valence-corrected chi connectivity index (χ1v) is 6.99. The predicted molar refractivity (Wildman–Crippen MR) is 76.5 cm³/mol. The number of anilines is 1. The first kappa shape index (κ1) is 14.3. The second kappa shape index (κ2) is 6.88. The van der Waals surface area contributed by atoms with Crippen molar-refractivity contribution in [1.29, 1.82) is 0 Å². The van der Waals surface area contributed by atoms with E-state index in [1.807, 2.05) is 6.92 Å². The number of nitrogens with zero attached hydrogens (tertiary/aromatic N) is 1. The molecular weight excluding hydrogens is 256 g/mol. The van der Waals surface area contributed by atoms with Crippen LogP contribution in [0.2, 0.25) is 0 Å². The van der Waals surface area contributed by atoms with E-state index in [1.54, 1.807) is 12.1 Å². The number of amides is 2. The first-order valence-electron chi connectivity index (χ1n) is 6.99. The molecule has 1 aliphatic rings. The van der Waals surface area contributed by atoms with Gasteiger partial charge in [-0.25, -0.2) is 4.98 Å². The number of aromatic nitrogens is 1. The average molecular weight is 276 g/mol. The third-order valence-electron chi connectivity index (χ3n) is 3.22. The van der Waals surface area contributed by atoms with Crippen LogP contribution in [0.25, 0.3) is 0 Å². The molecule has 1 aromatic rings. The van der Waals surface area contributed by atoms with E-state index >= 15 is 0 Å². The van der Waals surface area contributed by atoms with Crippen LogP contribution in [0, 0.1) is 0 Å². The maximum Gasteiger partial charge on any atom is 0.252 e. The first-order chi connectivity index (χ1) is 9.70. The minimum Gasteiger partial charge on any atom is -0.358 e. The topological polar surface area (TPSA) is 83.1 Å². The van der Waals surface area contributed by atoms with E-state index in [1.165, 1.54) is 6.20 Å². The molecule has 6 nitrogen and oxygen atoms in total. The Hall–Kier alpha value is -2.11. The van der Waals surface area contributed by atoms with Crippen LogP contribution in [0.4, 0.5) is 5.82 Å². The highest BCUT2D eigenvalue weighted by Crippen LogP contribution is 2.12. The van der Waals surface area contributed by atoms with Crippen LogP contribution in [0.1, 0.15) is 36.5 Å². The van der Waals surface area contributed by atoms with Crippen molar-refractivity contribution in [1.82, 2.24) is 15.6 Å². The monoisotopic (exact) mass is 276 g/mol. The summed E-state index contributed by atoms with van der Waals surface area (Å²) < 4.78 is 0. The van der Waals surface area contributed by atoms with Crippen molar-refractivity contribution in [2.75, 3.05) is 18.4 Å². The molecule has 2 heterocycles. The number of rotatable bonds is 4. The van der Waals surface area contributed by atoms with Crippen molar-refractivity contribution in [2.45, 2.75) is 32.2 Å². The molecule has 0 aromatic carbocycles. The Morgan fingerprint density at radius 2 is 2.30 bits per heavy atom. The van der Waals surface area contributed by atoms with Gasteiger partial charge >= 0.3 is 0 Å². The normalized spacial score (nSPS) is 18.9. The lowest BCUT2D eigenvalue weighted by Gasteiger charge is -2.15. The summed E-state index contributed by atoms with van der Waals surface area (Å²) in [4.78, 5) is 27.6. The molecule has 0 saturated carbocycles. The summed E-state index contributed by atoms with van der Waals surface area (Å²) in [6, 6.07) is 3.18. The van der Waals surface area contributed by atoms with Crippen molar-refractivity contribution >= 4 is 17.6 Å². The third kappa shape index (κ3) is 3.69. The Labute approximate surface area is 118 Å². The molecule has 1 aliphatic heterocycles. The van der Waals surface area contributed by atoms with Gasteiger partial charge in [0.1, 0.15) is 11.9 Å². The fourth-order valence-electron chi connectivity index (χ4n) is 2.13. The molecule has 1 aromatic heterocycles. The van der Waals surface area contributed by atoms with Gasteiger partial charge in [0, 0.05) is 19.3 Å². The SMILES string of the molecule is CCNC(=O)c1ccc(NC2CCCCNC2=O)nc1.